The number of ether oxygens (including phenoxy) is 1. The summed E-state index contributed by atoms with van der Waals surface area (Å²) in [6.07, 6.45) is 3.80. The lowest BCUT2D eigenvalue weighted by molar-refractivity contribution is -0.0681. The molecule has 0 aromatic heterocycles. The molecule has 1 heterocycles. The number of hydrogen-bond donors (Lipinski definition) is 1. The van der Waals surface area contributed by atoms with Crippen molar-refractivity contribution < 1.29 is 9.94 Å². The van der Waals surface area contributed by atoms with Gasteiger partial charge < -0.3 is 9.94 Å². The highest BCUT2D eigenvalue weighted by atomic mass is 16.5. The van der Waals surface area contributed by atoms with Crippen molar-refractivity contribution >= 4 is 0 Å². The van der Waals surface area contributed by atoms with Crippen LogP contribution in [0.4, 0.5) is 0 Å². The molecule has 0 aliphatic carbocycles. The van der Waals surface area contributed by atoms with Crippen LogP contribution in [-0.4, -0.2) is 36.6 Å². The number of hydroxylamine groups is 2. The van der Waals surface area contributed by atoms with Gasteiger partial charge in [0, 0.05) is 20.2 Å². The summed E-state index contributed by atoms with van der Waals surface area (Å²) < 4.78 is 5.55. The van der Waals surface area contributed by atoms with Gasteiger partial charge in [-0.1, -0.05) is 6.92 Å². The zero-order chi connectivity index (χ0) is 8.97. The van der Waals surface area contributed by atoms with E-state index in [1.807, 2.05) is 0 Å². The van der Waals surface area contributed by atoms with Crippen molar-refractivity contribution in [1.29, 1.82) is 0 Å². The Bertz CT molecular complexity index is 128. The van der Waals surface area contributed by atoms with Crippen LogP contribution in [0.1, 0.15) is 26.2 Å². The molecule has 2 unspecified atom stereocenters. The standard InChI is InChI=1S/C9H19NO2/c1-3-9-6-8(7-12-9)4-5-10(2)11/h8-9,11H,3-7H2,1-2H3. The Morgan fingerprint density at radius 3 is 2.83 bits per heavy atom. The third-order valence-electron chi connectivity index (χ3n) is 2.48. The Kier molecular flexibility index (Phi) is 3.98. The third kappa shape index (κ3) is 3.09. The van der Waals surface area contributed by atoms with Crippen LogP contribution in [-0.2, 0) is 4.74 Å². The number of rotatable bonds is 4. The van der Waals surface area contributed by atoms with Crippen LogP contribution in [0.15, 0.2) is 0 Å². The minimum absolute atomic E-state index is 0.471. The fourth-order valence-electron chi connectivity index (χ4n) is 1.64. The third-order valence-corrected chi connectivity index (χ3v) is 2.48. The molecule has 1 aliphatic rings. The quantitative estimate of drug-likeness (QED) is 0.654. The van der Waals surface area contributed by atoms with Crippen molar-refractivity contribution in [3.8, 4) is 0 Å². The maximum absolute atomic E-state index is 8.93. The fourth-order valence-corrected chi connectivity index (χ4v) is 1.64. The molecule has 0 radical (unpaired) electrons. The maximum Gasteiger partial charge on any atom is 0.0576 e. The zero-order valence-electron chi connectivity index (χ0n) is 7.99. The van der Waals surface area contributed by atoms with E-state index in [1.54, 1.807) is 7.05 Å². The van der Waals surface area contributed by atoms with Gasteiger partial charge in [-0.3, -0.25) is 0 Å². The van der Waals surface area contributed by atoms with E-state index in [9.17, 15) is 0 Å². The van der Waals surface area contributed by atoms with Gasteiger partial charge in [-0.2, -0.15) is 5.06 Å². The van der Waals surface area contributed by atoms with Gasteiger partial charge in [-0.25, -0.2) is 0 Å². The van der Waals surface area contributed by atoms with Crippen molar-refractivity contribution in [1.82, 2.24) is 5.06 Å². The van der Waals surface area contributed by atoms with E-state index in [-0.39, 0.29) is 0 Å². The monoisotopic (exact) mass is 173 g/mol. The van der Waals surface area contributed by atoms with E-state index in [0.29, 0.717) is 12.0 Å². The summed E-state index contributed by atoms with van der Waals surface area (Å²) in [6, 6.07) is 0. The van der Waals surface area contributed by atoms with Crippen molar-refractivity contribution in [3.05, 3.63) is 0 Å². The zero-order valence-corrected chi connectivity index (χ0v) is 7.99. The first-order valence-corrected chi connectivity index (χ1v) is 4.74. The molecule has 1 fully saturated rings. The number of hydrogen-bond acceptors (Lipinski definition) is 3. The Morgan fingerprint density at radius 2 is 2.33 bits per heavy atom. The molecule has 0 aromatic rings. The molecule has 0 bridgehead atoms. The largest absolute Gasteiger partial charge is 0.378 e. The average Bonchev–Trinajstić information content (AvgIpc) is 2.48. The van der Waals surface area contributed by atoms with Gasteiger partial charge in [0.25, 0.3) is 0 Å². The molecular weight excluding hydrogens is 154 g/mol. The Morgan fingerprint density at radius 1 is 1.58 bits per heavy atom. The van der Waals surface area contributed by atoms with E-state index >= 15 is 0 Å². The van der Waals surface area contributed by atoms with Crippen LogP contribution in [0.2, 0.25) is 0 Å². The molecule has 3 heteroatoms. The van der Waals surface area contributed by atoms with Gasteiger partial charge in [-0.05, 0) is 25.2 Å². The lowest BCUT2D eigenvalue weighted by atomic mass is 10.0. The molecule has 1 rings (SSSR count). The summed E-state index contributed by atoms with van der Waals surface area (Å²) in [6.45, 7) is 3.79. The van der Waals surface area contributed by atoms with Gasteiger partial charge in [0.05, 0.1) is 6.10 Å². The minimum Gasteiger partial charge on any atom is -0.378 e. The Hall–Kier alpha value is -0.120. The van der Waals surface area contributed by atoms with Crippen molar-refractivity contribution in [2.45, 2.75) is 32.3 Å². The molecule has 0 aromatic carbocycles. The number of nitrogens with zero attached hydrogens (tertiary/aromatic N) is 1. The molecule has 12 heavy (non-hydrogen) atoms. The van der Waals surface area contributed by atoms with Gasteiger partial charge in [0.1, 0.15) is 0 Å². The highest BCUT2D eigenvalue weighted by Crippen LogP contribution is 2.24. The van der Waals surface area contributed by atoms with E-state index < -0.39 is 0 Å². The average molecular weight is 173 g/mol. The van der Waals surface area contributed by atoms with E-state index in [4.69, 9.17) is 9.94 Å². The lowest BCUT2D eigenvalue weighted by Crippen LogP contribution is -2.17. The van der Waals surface area contributed by atoms with Gasteiger partial charge in [0.2, 0.25) is 0 Å². The van der Waals surface area contributed by atoms with Crippen LogP contribution in [0, 0.1) is 5.92 Å². The van der Waals surface area contributed by atoms with Crippen LogP contribution in [0.5, 0.6) is 0 Å². The fraction of sp³-hybridized carbons (Fsp3) is 1.00. The molecule has 1 N–H and O–H groups in total. The van der Waals surface area contributed by atoms with Crippen molar-refractivity contribution in [2.75, 3.05) is 20.2 Å². The summed E-state index contributed by atoms with van der Waals surface area (Å²) in [4.78, 5) is 0. The molecule has 1 saturated heterocycles. The summed E-state index contributed by atoms with van der Waals surface area (Å²) in [5, 5.41) is 10.2. The predicted molar refractivity (Wildman–Crippen MR) is 47.2 cm³/mol. The Balaban J connectivity index is 2.11. The summed E-state index contributed by atoms with van der Waals surface area (Å²) in [5.41, 5.74) is 0. The second kappa shape index (κ2) is 4.80. The van der Waals surface area contributed by atoms with Crippen molar-refractivity contribution in [2.24, 2.45) is 5.92 Å². The molecule has 3 nitrogen and oxygen atoms in total. The molecular formula is C9H19NO2. The SMILES string of the molecule is CCC1CC(CCN(C)O)CO1. The molecule has 2 atom stereocenters. The second-order valence-electron chi connectivity index (χ2n) is 3.64. The van der Waals surface area contributed by atoms with Crippen LogP contribution < -0.4 is 0 Å². The van der Waals surface area contributed by atoms with Gasteiger partial charge >= 0.3 is 0 Å². The normalized spacial score (nSPS) is 30.0. The van der Waals surface area contributed by atoms with Crippen molar-refractivity contribution in [3.63, 3.8) is 0 Å². The van der Waals surface area contributed by atoms with Gasteiger partial charge in [-0.15, -0.1) is 0 Å². The highest BCUT2D eigenvalue weighted by Gasteiger charge is 2.23. The first kappa shape index (κ1) is 9.96. The van der Waals surface area contributed by atoms with E-state index in [0.717, 1.165) is 26.0 Å². The maximum atomic E-state index is 8.93. The molecule has 1 aliphatic heterocycles. The van der Waals surface area contributed by atoms with E-state index in [2.05, 4.69) is 6.92 Å². The summed E-state index contributed by atoms with van der Waals surface area (Å²) in [7, 11) is 1.69. The smallest absolute Gasteiger partial charge is 0.0576 e. The first-order valence-electron chi connectivity index (χ1n) is 4.74. The first-order chi connectivity index (χ1) is 5.72. The molecule has 0 saturated carbocycles. The Labute approximate surface area is 74.3 Å². The summed E-state index contributed by atoms with van der Waals surface area (Å²) >= 11 is 0. The van der Waals surface area contributed by atoms with E-state index in [1.165, 1.54) is 11.5 Å². The van der Waals surface area contributed by atoms with Crippen LogP contribution in [0.25, 0.3) is 0 Å². The molecule has 0 spiro atoms. The van der Waals surface area contributed by atoms with Crippen LogP contribution in [0.3, 0.4) is 0 Å². The van der Waals surface area contributed by atoms with Gasteiger partial charge in [0.15, 0.2) is 0 Å². The second-order valence-corrected chi connectivity index (χ2v) is 3.64. The minimum atomic E-state index is 0.471. The predicted octanol–water partition coefficient (Wildman–Crippen LogP) is 1.51. The summed E-state index contributed by atoms with van der Waals surface area (Å²) in [5.74, 6) is 0.657. The molecule has 0 amide bonds. The van der Waals surface area contributed by atoms with Crippen LogP contribution >= 0.6 is 0 Å². The lowest BCUT2D eigenvalue weighted by Gasteiger charge is -2.11. The molecule has 72 valence electrons. The highest BCUT2D eigenvalue weighted by molar-refractivity contribution is 4.72. The topological polar surface area (TPSA) is 32.7 Å².